The summed E-state index contributed by atoms with van der Waals surface area (Å²) in [6.45, 7) is 4.33. The van der Waals surface area contributed by atoms with Crippen molar-refractivity contribution in [3.05, 3.63) is 0 Å². The van der Waals surface area contributed by atoms with Crippen LogP contribution in [0.5, 0.6) is 0 Å². The summed E-state index contributed by atoms with van der Waals surface area (Å²) in [6.07, 6.45) is 7.91. The van der Waals surface area contributed by atoms with Gasteiger partial charge in [0.15, 0.2) is 0 Å². The fourth-order valence-electron chi connectivity index (χ4n) is 1.61. The lowest BCUT2D eigenvalue weighted by molar-refractivity contribution is 0.183. The lowest BCUT2D eigenvalue weighted by atomic mass is 10.1. The molecule has 2 heteroatoms. The van der Waals surface area contributed by atoms with E-state index in [9.17, 15) is 0 Å². The van der Waals surface area contributed by atoms with Gasteiger partial charge in [-0.25, -0.2) is 0 Å². The van der Waals surface area contributed by atoms with E-state index in [0.717, 1.165) is 13.1 Å². The first-order valence-corrected chi connectivity index (χ1v) is 4.64. The van der Waals surface area contributed by atoms with E-state index in [2.05, 4.69) is 30.1 Å². The second-order valence-corrected chi connectivity index (χ2v) is 3.51. The first-order chi connectivity index (χ1) is 5.75. The van der Waals surface area contributed by atoms with E-state index in [1.54, 1.807) is 0 Å². The maximum absolute atomic E-state index is 5.37. The highest BCUT2D eigenvalue weighted by Gasteiger charge is 2.20. The van der Waals surface area contributed by atoms with Crippen molar-refractivity contribution in [1.82, 2.24) is 10.2 Å². The summed E-state index contributed by atoms with van der Waals surface area (Å²) in [6, 6.07) is 0.889. The Kier molecular flexibility index (Phi) is 3.58. The predicted molar refractivity (Wildman–Crippen MR) is 51.9 cm³/mol. The molecule has 1 aliphatic rings. The molecule has 0 aliphatic carbocycles. The molecule has 0 radical (unpaired) electrons. The highest BCUT2D eigenvalue weighted by Crippen LogP contribution is 2.10. The van der Waals surface area contributed by atoms with Crippen molar-refractivity contribution < 1.29 is 0 Å². The summed E-state index contributed by atoms with van der Waals surface area (Å²) < 4.78 is 0. The molecule has 2 nitrogen and oxygen atoms in total. The molecule has 2 atom stereocenters. The topological polar surface area (TPSA) is 15.3 Å². The van der Waals surface area contributed by atoms with E-state index in [4.69, 9.17) is 6.42 Å². The van der Waals surface area contributed by atoms with Crippen LogP contribution < -0.4 is 5.32 Å². The van der Waals surface area contributed by atoms with Gasteiger partial charge in [0.2, 0.25) is 0 Å². The Bertz CT molecular complexity index is 165. The number of likely N-dealkylation sites (N-methyl/N-ethyl adjacent to an activating group) is 1. The van der Waals surface area contributed by atoms with Crippen LogP contribution in [0.15, 0.2) is 0 Å². The molecule has 2 unspecified atom stereocenters. The Morgan fingerprint density at radius 1 is 1.67 bits per heavy atom. The van der Waals surface area contributed by atoms with Crippen LogP contribution >= 0.6 is 0 Å². The van der Waals surface area contributed by atoms with Gasteiger partial charge in [-0.3, -0.25) is 4.90 Å². The van der Waals surface area contributed by atoms with E-state index in [1.165, 1.54) is 12.8 Å². The van der Waals surface area contributed by atoms with Crippen molar-refractivity contribution in [1.29, 1.82) is 0 Å². The molecular weight excluding hydrogens is 148 g/mol. The number of terminal acetylenes is 1. The number of nitrogens with zero attached hydrogens (tertiary/aromatic N) is 1. The lowest BCUT2D eigenvalue weighted by Crippen LogP contribution is -2.47. The number of rotatable bonds is 2. The maximum atomic E-state index is 5.37. The van der Waals surface area contributed by atoms with Gasteiger partial charge in [0, 0.05) is 12.6 Å². The highest BCUT2D eigenvalue weighted by atomic mass is 15.2. The molecule has 0 bridgehead atoms. The third kappa shape index (κ3) is 2.23. The molecule has 1 N–H and O–H groups in total. The zero-order valence-corrected chi connectivity index (χ0v) is 8.01. The average molecular weight is 166 g/mol. The third-order valence-electron chi connectivity index (χ3n) is 2.70. The van der Waals surface area contributed by atoms with Crippen molar-refractivity contribution in [3.8, 4) is 12.3 Å². The second-order valence-electron chi connectivity index (χ2n) is 3.51. The number of nitrogens with one attached hydrogen (secondary N) is 1. The summed E-state index contributed by atoms with van der Waals surface area (Å²) >= 11 is 0. The van der Waals surface area contributed by atoms with Gasteiger partial charge >= 0.3 is 0 Å². The van der Waals surface area contributed by atoms with Crippen LogP contribution in [0, 0.1) is 12.3 Å². The van der Waals surface area contributed by atoms with Crippen LogP contribution in [0.25, 0.3) is 0 Å². The third-order valence-corrected chi connectivity index (χ3v) is 2.70. The molecule has 0 spiro atoms. The zero-order valence-electron chi connectivity index (χ0n) is 8.01. The summed E-state index contributed by atoms with van der Waals surface area (Å²) in [7, 11) is 2.11. The molecule has 68 valence electrons. The lowest BCUT2D eigenvalue weighted by Gasteiger charge is -2.33. The van der Waals surface area contributed by atoms with Gasteiger partial charge in [-0.05, 0) is 33.4 Å². The van der Waals surface area contributed by atoms with E-state index >= 15 is 0 Å². The van der Waals surface area contributed by atoms with Crippen LogP contribution in [0.2, 0.25) is 0 Å². The Labute approximate surface area is 75.3 Å². The monoisotopic (exact) mass is 166 g/mol. The van der Waals surface area contributed by atoms with Crippen molar-refractivity contribution in [3.63, 3.8) is 0 Å². The molecule has 12 heavy (non-hydrogen) atoms. The predicted octanol–water partition coefficient (Wildman–Crippen LogP) is 0.692. The Morgan fingerprint density at radius 3 is 2.92 bits per heavy atom. The normalized spacial score (nSPS) is 26.7. The zero-order chi connectivity index (χ0) is 8.97. The van der Waals surface area contributed by atoms with Gasteiger partial charge in [-0.15, -0.1) is 6.42 Å². The molecule has 1 saturated heterocycles. The molecule has 0 aromatic heterocycles. The minimum Gasteiger partial charge on any atom is -0.315 e. The van der Waals surface area contributed by atoms with Gasteiger partial charge < -0.3 is 5.32 Å². The van der Waals surface area contributed by atoms with Gasteiger partial charge in [0.1, 0.15) is 0 Å². The minimum atomic E-state index is 0.259. The standard InChI is InChI=1S/C10H18N2/c1-4-9(2)12(3)10-6-5-7-11-8-10/h1,9-11H,5-8H2,2-3H3. The van der Waals surface area contributed by atoms with Crippen molar-refractivity contribution >= 4 is 0 Å². The fraction of sp³-hybridized carbons (Fsp3) is 0.800. The molecule has 0 aromatic rings. The van der Waals surface area contributed by atoms with Crippen LogP contribution in [0.3, 0.4) is 0 Å². The molecule has 1 aliphatic heterocycles. The molecule has 1 fully saturated rings. The van der Waals surface area contributed by atoms with Crippen LogP contribution in [-0.2, 0) is 0 Å². The van der Waals surface area contributed by atoms with Gasteiger partial charge in [-0.2, -0.15) is 0 Å². The van der Waals surface area contributed by atoms with E-state index in [-0.39, 0.29) is 6.04 Å². The molecule has 1 rings (SSSR count). The summed E-state index contributed by atoms with van der Waals surface area (Å²) in [5, 5.41) is 3.38. The second kappa shape index (κ2) is 4.49. The molecule has 0 aromatic carbocycles. The summed E-state index contributed by atoms with van der Waals surface area (Å²) in [5.74, 6) is 2.76. The largest absolute Gasteiger partial charge is 0.315 e. The smallest absolute Gasteiger partial charge is 0.0683 e. The van der Waals surface area contributed by atoms with Crippen LogP contribution in [-0.4, -0.2) is 37.1 Å². The van der Waals surface area contributed by atoms with Crippen molar-refractivity contribution in [2.45, 2.75) is 31.8 Å². The van der Waals surface area contributed by atoms with Gasteiger partial charge in [0.25, 0.3) is 0 Å². The van der Waals surface area contributed by atoms with Crippen LogP contribution in [0.1, 0.15) is 19.8 Å². The van der Waals surface area contributed by atoms with Crippen LogP contribution in [0.4, 0.5) is 0 Å². The number of hydrogen-bond donors (Lipinski definition) is 1. The SMILES string of the molecule is C#CC(C)N(C)C1CCCNC1. The Hall–Kier alpha value is -0.520. The first kappa shape index (κ1) is 9.57. The van der Waals surface area contributed by atoms with Gasteiger partial charge in [0.05, 0.1) is 6.04 Å². The fourth-order valence-corrected chi connectivity index (χ4v) is 1.61. The van der Waals surface area contributed by atoms with Crippen molar-refractivity contribution in [2.24, 2.45) is 0 Å². The van der Waals surface area contributed by atoms with E-state index < -0.39 is 0 Å². The van der Waals surface area contributed by atoms with E-state index in [0.29, 0.717) is 6.04 Å². The highest BCUT2D eigenvalue weighted by molar-refractivity contribution is 4.98. The van der Waals surface area contributed by atoms with E-state index in [1.807, 2.05) is 0 Å². The first-order valence-electron chi connectivity index (χ1n) is 4.64. The quantitative estimate of drug-likeness (QED) is 0.607. The molecular formula is C10H18N2. The maximum Gasteiger partial charge on any atom is 0.0683 e. The Morgan fingerprint density at radius 2 is 2.42 bits per heavy atom. The number of hydrogen-bond acceptors (Lipinski definition) is 2. The summed E-state index contributed by atoms with van der Waals surface area (Å²) in [5.41, 5.74) is 0. The minimum absolute atomic E-state index is 0.259. The molecule has 0 amide bonds. The molecule has 1 heterocycles. The van der Waals surface area contributed by atoms with Crippen molar-refractivity contribution in [2.75, 3.05) is 20.1 Å². The van der Waals surface area contributed by atoms with Gasteiger partial charge in [-0.1, -0.05) is 5.92 Å². The molecule has 0 saturated carbocycles. The number of piperidine rings is 1. The summed E-state index contributed by atoms with van der Waals surface area (Å²) in [4.78, 5) is 2.28. The average Bonchev–Trinajstić information content (AvgIpc) is 2.17. The Balaban J connectivity index is 2.40.